The third-order valence-corrected chi connectivity index (χ3v) is 7.50. The summed E-state index contributed by atoms with van der Waals surface area (Å²) >= 11 is 0. The first-order valence-electron chi connectivity index (χ1n) is 12.9. The summed E-state index contributed by atoms with van der Waals surface area (Å²) in [5.74, 6) is 0.194. The molecule has 1 aliphatic heterocycles. The first kappa shape index (κ1) is 26.4. The van der Waals surface area contributed by atoms with E-state index in [9.17, 15) is 4.79 Å². The van der Waals surface area contributed by atoms with Gasteiger partial charge in [0.05, 0.1) is 18.8 Å². The number of rotatable bonds is 12. The maximum Gasteiger partial charge on any atom is 0.183 e. The Labute approximate surface area is 206 Å². The summed E-state index contributed by atoms with van der Waals surface area (Å²) in [5.41, 5.74) is 3.94. The van der Waals surface area contributed by atoms with Gasteiger partial charge in [0.2, 0.25) is 0 Å². The standard InChI is InChI=1S/C29H43N3O2/c1-6-29(30(4)5,23-25-11-9-24(10-12-25)17-18-31(7-2)8-3)28(33)26-13-15-27(16-14-26)32-19-21-34-22-20-32/h9-16H,6-8,17-23H2,1-5H3. The molecule has 1 atom stereocenters. The molecule has 0 radical (unpaired) electrons. The van der Waals surface area contributed by atoms with Crippen LogP contribution in [0.5, 0.6) is 0 Å². The Hall–Kier alpha value is -2.21. The molecule has 0 bridgehead atoms. The molecule has 0 aromatic heterocycles. The molecule has 5 nitrogen and oxygen atoms in total. The summed E-state index contributed by atoms with van der Waals surface area (Å²) in [6.45, 7) is 13.1. The van der Waals surface area contributed by atoms with Gasteiger partial charge in [0.1, 0.15) is 0 Å². The van der Waals surface area contributed by atoms with Gasteiger partial charge in [-0.25, -0.2) is 0 Å². The lowest BCUT2D eigenvalue weighted by molar-refractivity contribution is 0.0666. The van der Waals surface area contributed by atoms with E-state index in [-0.39, 0.29) is 5.78 Å². The van der Waals surface area contributed by atoms with Crippen LogP contribution in [0, 0.1) is 0 Å². The van der Waals surface area contributed by atoms with Gasteiger partial charge in [0.15, 0.2) is 5.78 Å². The van der Waals surface area contributed by atoms with Crippen molar-refractivity contribution >= 4 is 11.5 Å². The molecular formula is C29H43N3O2. The topological polar surface area (TPSA) is 36.0 Å². The van der Waals surface area contributed by atoms with Crippen LogP contribution in [-0.2, 0) is 17.6 Å². The molecule has 2 aromatic rings. The Balaban J connectivity index is 1.74. The summed E-state index contributed by atoms with van der Waals surface area (Å²) in [4.78, 5) is 20.7. The zero-order valence-electron chi connectivity index (χ0n) is 21.8. The Morgan fingerprint density at radius 3 is 2.03 bits per heavy atom. The average molecular weight is 466 g/mol. The maximum atomic E-state index is 13.9. The van der Waals surface area contributed by atoms with Gasteiger partial charge < -0.3 is 14.5 Å². The first-order valence-corrected chi connectivity index (χ1v) is 12.9. The molecule has 1 heterocycles. The molecule has 0 N–H and O–H groups in total. The number of carbonyl (C=O) groups excluding carboxylic acids is 1. The van der Waals surface area contributed by atoms with Crippen LogP contribution >= 0.6 is 0 Å². The molecule has 1 unspecified atom stereocenters. The molecule has 34 heavy (non-hydrogen) atoms. The van der Waals surface area contributed by atoms with Gasteiger partial charge >= 0.3 is 0 Å². The Morgan fingerprint density at radius 1 is 0.912 bits per heavy atom. The van der Waals surface area contributed by atoms with Crippen molar-refractivity contribution in [1.29, 1.82) is 0 Å². The van der Waals surface area contributed by atoms with E-state index in [0.717, 1.165) is 70.0 Å². The monoisotopic (exact) mass is 465 g/mol. The largest absolute Gasteiger partial charge is 0.378 e. The van der Waals surface area contributed by atoms with Gasteiger partial charge in [-0.2, -0.15) is 0 Å². The van der Waals surface area contributed by atoms with Gasteiger partial charge in [0.25, 0.3) is 0 Å². The molecule has 0 amide bonds. The molecular weight excluding hydrogens is 422 g/mol. The number of benzene rings is 2. The van der Waals surface area contributed by atoms with Crippen molar-refractivity contribution in [2.75, 3.05) is 64.9 Å². The highest BCUT2D eigenvalue weighted by Gasteiger charge is 2.39. The number of hydrogen-bond acceptors (Lipinski definition) is 5. The highest BCUT2D eigenvalue weighted by molar-refractivity contribution is 6.03. The smallest absolute Gasteiger partial charge is 0.183 e. The minimum absolute atomic E-state index is 0.194. The second-order valence-electron chi connectivity index (χ2n) is 9.53. The number of ether oxygens (including phenoxy) is 1. The fourth-order valence-corrected chi connectivity index (χ4v) is 4.95. The van der Waals surface area contributed by atoms with Gasteiger partial charge in [-0.15, -0.1) is 0 Å². The summed E-state index contributed by atoms with van der Waals surface area (Å²) in [6, 6.07) is 17.0. The SMILES string of the molecule is CCN(CC)CCc1ccc(CC(CC)(C(=O)c2ccc(N3CCOCC3)cc2)N(C)C)cc1. The molecule has 0 saturated carbocycles. The van der Waals surface area contributed by atoms with E-state index >= 15 is 0 Å². The number of nitrogens with zero attached hydrogens (tertiary/aromatic N) is 3. The van der Waals surface area contributed by atoms with Crippen molar-refractivity contribution in [3.05, 3.63) is 65.2 Å². The molecule has 5 heteroatoms. The first-order chi connectivity index (χ1) is 16.4. The lowest BCUT2D eigenvalue weighted by Crippen LogP contribution is -2.52. The van der Waals surface area contributed by atoms with Crippen LogP contribution in [-0.4, -0.2) is 81.2 Å². The molecule has 1 saturated heterocycles. The normalized spacial score (nSPS) is 16.1. The Kier molecular flexibility index (Phi) is 9.69. The molecule has 186 valence electrons. The van der Waals surface area contributed by atoms with Gasteiger partial charge in [0, 0.05) is 30.9 Å². The molecule has 2 aromatic carbocycles. The van der Waals surface area contributed by atoms with E-state index in [1.165, 1.54) is 11.1 Å². The second-order valence-corrected chi connectivity index (χ2v) is 9.53. The van der Waals surface area contributed by atoms with Crippen molar-refractivity contribution in [1.82, 2.24) is 9.80 Å². The van der Waals surface area contributed by atoms with Crippen molar-refractivity contribution < 1.29 is 9.53 Å². The van der Waals surface area contributed by atoms with Crippen LogP contribution < -0.4 is 4.90 Å². The van der Waals surface area contributed by atoms with Crippen LogP contribution in [0.15, 0.2) is 48.5 Å². The Bertz CT molecular complexity index is 885. The summed E-state index contributed by atoms with van der Waals surface area (Å²) in [5, 5.41) is 0. The highest BCUT2D eigenvalue weighted by atomic mass is 16.5. The molecule has 0 spiro atoms. The zero-order valence-corrected chi connectivity index (χ0v) is 21.8. The van der Waals surface area contributed by atoms with Crippen LogP contribution in [0.2, 0.25) is 0 Å². The summed E-state index contributed by atoms with van der Waals surface area (Å²) in [7, 11) is 4.06. The number of ketones is 1. The van der Waals surface area contributed by atoms with Crippen molar-refractivity contribution in [2.24, 2.45) is 0 Å². The average Bonchev–Trinajstić information content (AvgIpc) is 2.88. The lowest BCUT2D eigenvalue weighted by Gasteiger charge is -2.38. The minimum Gasteiger partial charge on any atom is -0.378 e. The van der Waals surface area contributed by atoms with E-state index in [4.69, 9.17) is 4.74 Å². The van der Waals surface area contributed by atoms with Crippen molar-refractivity contribution in [3.63, 3.8) is 0 Å². The fourth-order valence-electron chi connectivity index (χ4n) is 4.95. The summed E-state index contributed by atoms with van der Waals surface area (Å²) in [6.07, 6.45) is 2.52. The van der Waals surface area contributed by atoms with Crippen LogP contribution in [0.3, 0.4) is 0 Å². The maximum absolute atomic E-state index is 13.9. The number of anilines is 1. The van der Waals surface area contributed by atoms with Gasteiger partial charge in [-0.3, -0.25) is 9.69 Å². The number of likely N-dealkylation sites (N-methyl/N-ethyl adjacent to an activating group) is 2. The quantitative estimate of drug-likeness (QED) is 0.430. The number of carbonyl (C=O) groups is 1. The van der Waals surface area contributed by atoms with E-state index in [1.54, 1.807) is 0 Å². The Morgan fingerprint density at radius 2 is 1.50 bits per heavy atom. The third kappa shape index (κ3) is 6.26. The highest BCUT2D eigenvalue weighted by Crippen LogP contribution is 2.29. The van der Waals surface area contributed by atoms with Crippen LogP contribution in [0.1, 0.15) is 48.7 Å². The fraction of sp³-hybridized carbons (Fsp3) is 0.552. The van der Waals surface area contributed by atoms with E-state index in [1.807, 2.05) is 26.2 Å². The van der Waals surface area contributed by atoms with Gasteiger partial charge in [-0.05, 0) is 81.8 Å². The lowest BCUT2D eigenvalue weighted by atomic mass is 9.80. The van der Waals surface area contributed by atoms with Crippen molar-refractivity contribution in [2.45, 2.75) is 45.6 Å². The van der Waals surface area contributed by atoms with Gasteiger partial charge in [-0.1, -0.05) is 45.0 Å². The molecule has 1 aliphatic rings. The predicted molar refractivity (Wildman–Crippen MR) is 142 cm³/mol. The van der Waals surface area contributed by atoms with E-state index < -0.39 is 5.54 Å². The zero-order chi connectivity index (χ0) is 24.6. The van der Waals surface area contributed by atoms with E-state index in [2.05, 4.69) is 71.9 Å². The number of hydrogen-bond donors (Lipinski definition) is 0. The number of Topliss-reactive ketones (excluding diaryl/α,β-unsaturated/α-hetero) is 1. The van der Waals surface area contributed by atoms with Crippen molar-refractivity contribution in [3.8, 4) is 0 Å². The summed E-state index contributed by atoms with van der Waals surface area (Å²) < 4.78 is 5.46. The van der Waals surface area contributed by atoms with E-state index in [0.29, 0.717) is 6.42 Å². The minimum atomic E-state index is -0.566. The second kappa shape index (κ2) is 12.5. The third-order valence-electron chi connectivity index (χ3n) is 7.50. The van der Waals surface area contributed by atoms with Crippen LogP contribution in [0.25, 0.3) is 0 Å². The molecule has 3 rings (SSSR count). The van der Waals surface area contributed by atoms with Crippen LogP contribution in [0.4, 0.5) is 5.69 Å². The molecule has 1 fully saturated rings. The number of morpholine rings is 1. The molecule has 0 aliphatic carbocycles. The predicted octanol–water partition coefficient (Wildman–Crippen LogP) is 4.54.